The maximum Gasteiger partial charge on any atom is 0.155 e. The number of Topliss-reactive ketones (excluding diaryl/α,β-unsaturated/α-hetero) is 1. The molecule has 1 fully saturated rings. The van der Waals surface area contributed by atoms with Gasteiger partial charge in [-0.3, -0.25) is 9.69 Å². The first-order valence-corrected chi connectivity index (χ1v) is 5.81. The lowest BCUT2D eigenvalue weighted by Crippen LogP contribution is -2.47. The van der Waals surface area contributed by atoms with Crippen LogP contribution in [0.15, 0.2) is 0 Å². The zero-order valence-electron chi connectivity index (χ0n) is 10.5. The van der Waals surface area contributed by atoms with E-state index in [4.69, 9.17) is 4.74 Å². The van der Waals surface area contributed by atoms with Gasteiger partial charge in [0, 0.05) is 25.6 Å². The third-order valence-corrected chi connectivity index (χ3v) is 3.21. The van der Waals surface area contributed by atoms with Gasteiger partial charge in [0.15, 0.2) is 5.78 Å². The fraction of sp³-hybridized carbons (Fsp3) is 0.917. The highest BCUT2D eigenvalue weighted by Gasteiger charge is 2.40. The Balaban J connectivity index is 2.81. The first kappa shape index (κ1) is 12.7. The second-order valence-corrected chi connectivity index (χ2v) is 4.90. The van der Waals surface area contributed by atoms with Crippen molar-refractivity contribution < 1.29 is 9.53 Å². The molecule has 0 aromatic carbocycles. The van der Waals surface area contributed by atoms with Crippen LogP contribution in [0.3, 0.4) is 0 Å². The molecule has 0 aliphatic carbocycles. The van der Waals surface area contributed by atoms with Crippen molar-refractivity contribution in [3.8, 4) is 0 Å². The van der Waals surface area contributed by atoms with Crippen molar-refractivity contribution in [3.63, 3.8) is 0 Å². The van der Waals surface area contributed by atoms with Gasteiger partial charge in [-0.25, -0.2) is 0 Å². The molecule has 0 amide bonds. The van der Waals surface area contributed by atoms with Crippen molar-refractivity contribution in [2.24, 2.45) is 5.92 Å². The number of carbonyl (C=O) groups excluding carboxylic acids is 1. The van der Waals surface area contributed by atoms with E-state index in [1.165, 1.54) is 0 Å². The van der Waals surface area contributed by atoms with Gasteiger partial charge in [-0.15, -0.1) is 0 Å². The van der Waals surface area contributed by atoms with E-state index in [2.05, 4.69) is 18.7 Å². The minimum atomic E-state index is -0.0324. The molecule has 1 aliphatic rings. The summed E-state index contributed by atoms with van der Waals surface area (Å²) in [6.07, 6.45) is 1.06. The van der Waals surface area contributed by atoms with Crippen molar-refractivity contribution in [2.75, 3.05) is 13.7 Å². The number of carbonyl (C=O) groups is 1. The molecular weight excluding hydrogens is 190 g/mol. The van der Waals surface area contributed by atoms with Gasteiger partial charge in [0.25, 0.3) is 0 Å². The highest BCUT2D eigenvalue weighted by Crippen LogP contribution is 2.25. The number of ketones is 1. The zero-order chi connectivity index (χ0) is 11.6. The van der Waals surface area contributed by atoms with Gasteiger partial charge in [0.05, 0.1) is 12.1 Å². The maximum absolute atomic E-state index is 12.1. The smallest absolute Gasteiger partial charge is 0.155 e. The Morgan fingerprint density at radius 2 is 1.93 bits per heavy atom. The highest BCUT2D eigenvalue weighted by atomic mass is 16.5. The van der Waals surface area contributed by atoms with Gasteiger partial charge in [-0.05, 0) is 20.3 Å². The molecule has 0 radical (unpaired) electrons. The molecule has 0 spiro atoms. The molecule has 88 valence electrons. The second-order valence-electron chi connectivity index (χ2n) is 4.90. The molecular formula is C12H23NO2. The fourth-order valence-corrected chi connectivity index (χ4v) is 2.30. The summed E-state index contributed by atoms with van der Waals surface area (Å²) in [4.78, 5) is 14.4. The Morgan fingerprint density at radius 1 is 1.33 bits per heavy atom. The van der Waals surface area contributed by atoms with Crippen LogP contribution < -0.4 is 0 Å². The number of ether oxygens (including phenoxy) is 1. The van der Waals surface area contributed by atoms with Gasteiger partial charge < -0.3 is 4.74 Å². The summed E-state index contributed by atoms with van der Waals surface area (Å²) in [6, 6.07) is 0.382. The summed E-state index contributed by atoms with van der Waals surface area (Å²) >= 11 is 0. The standard InChI is InChI=1S/C12H23NO2/c1-8(2)12(14)11-10(15-5)6-7-13(11)9(3)4/h8-11H,6-7H2,1-5H3/t10-,11+/m1/s1. The molecule has 0 unspecified atom stereocenters. The first-order valence-electron chi connectivity index (χ1n) is 5.81. The fourth-order valence-electron chi connectivity index (χ4n) is 2.30. The third kappa shape index (κ3) is 2.58. The van der Waals surface area contributed by atoms with Gasteiger partial charge in [-0.2, -0.15) is 0 Å². The Morgan fingerprint density at radius 3 is 2.33 bits per heavy atom. The normalized spacial score (nSPS) is 27.9. The predicted molar refractivity (Wildman–Crippen MR) is 60.9 cm³/mol. The van der Waals surface area contributed by atoms with E-state index < -0.39 is 0 Å². The Kier molecular flexibility index (Phi) is 4.29. The number of methoxy groups -OCH3 is 1. The molecule has 0 bridgehead atoms. The van der Waals surface area contributed by atoms with Crippen LogP contribution in [-0.2, 0) is 9.53 Å². The molecule has 0 aromatic rings. The summed E-state index contributed by atoms with van der Waals surface area (Å²) in [5.74, 6) is 0.403. The SMILES string of the molecule is CO[C@@H]1CCN(C(C)C)[C@@H]1C(=O)C(C)C. The molecule has 1 rings (SSSR count). The lowest BCUT2D eigenvalue weighted by atomic mass is 9.97. The van der Waals surface area contributed by atoms with Crippen LogP contribution in [0.4, 0.5) is 0 Å². The van der Waals surface area contributed by atoms with E-state index in [9.17, 15) is 4.79 Å². The molecule has 3 nitrogen and oxygen atoms in total. The minimum absolute atomic E-state index is 0.0324. The summed E-state index contributed by atoms with van der Waals surface area (Å²) < 4.78 is 5.41. The maximum atomic E-state index is 12.1. The van der Waals surface area contributed by atoms with Crippen molar-refractivity contribution in [1.82, 2.24) is 4.90 Å². The Hall–Kier alpha value is -0.410. The van der Waals surface area contributed by atoms with E-state index in [1.54, 1.807) is 7.11 Å². The Labute approximate surface area is 92.8 Å². The van der Waals surface area contributed by atoms with Crippen LogP contribution in [0.1, 0.15) is 34.1 Å². The Bertz CT molecular complexity index is 226. The van der Waals surface area contributed by atoms with E-state index in [-0.39, 0.29) is 18.1 Å². The molecule has 1 heterocycles. The summed E-state index contributed by atoms with van der Waals surface area (Å²) in [5, 5.41) is 0. The molecule has 1 saturated heterocycles. The van der Waals surface area contributed by atoms with E-state index in [0.717, 1.165) is 13.0 Å². The lowest BCUT2D eigenvalue weighted by molar-refractivity contribution is -0.130. The molecule has 15 heavy (non-hydrogen) atoms. The quantitative estimate of drug-likeness (QED) is 0.712. The van der Waals surface area contributed by atoms with Crippen molar-refractivity contribution in [3.05, 3.63) is 0 Å². The first-order chi connectivity index (χ1) is 6.99. The van der Waals surface area contributed by atoms with Gasteiger partial charge >= 0.3 is 0 Å². The molecule has 0 saturated carbocycles. The summed E-state index contributed by atoms with van der Waals surface area (Å²) in [7, 11) is 1.70. The molecule has 2 atom stereocenters. The molecule has 3 heteroatoms. The highest BCUT2D eigenvalue weighted by molar-refractivity contribution is 5.86. The van der Waals surface area contributed by atoms with Crippen LogP contribution in [0.5, 0.6) is 0 Å². The molecule has 0 N–H and O–H groups in total. The zero-order valence-corrected chi connectivity index (χ0v) is 10.5. The predicted octanol–water partition coefficient (Wildman–Crippen LogP) is 1.71. The largest absolute Gasteiger partial charge is 0.379 e. The second kappa shape index (κ2) is 5.08. The number of likely N-dealkylation sites (tertiary alicyclic amines) is 1. The van der Waals surface area contributed by atoms with Gasteiger partial charge in [0.1, 0.15) is 0 Å². The minimum Gasteiger partial charge on any atom is -0.379 e. The van der Waals surface area contributed by atoms with Gasteiger partial charge in [-0.1, -0.05) is 13.8 Å². The van der Waals surface area contributed by atoms with Crippen LogP contribution in [0, 0.1) is 5.92 Å². The molecule has 0 aromatic heterocycles. The third-order valence-electron chi connectivity index (χ3n) is 3.21. The topological polar surface area (TPSA) is 29.5 Å². The number of hydrogen-bond donors (Lipinski definition) is 0. The summed E-state index contributed by atoms with van der Waals surface area (Å²) in [6.45, 7) is 9.17. The van der Waals surface area contributed by atoms with E-state index in [1.807, 2.05) is 13.8 Å². The lowest BCUT2D eigenvalue weighted by Gasteiger charge is -2.30. The van der Waals surface area contributed by atoms with Gasteiger partial charge in [0.2, 0.25) is 0 Å². The number of rotatable bonds is 4. The summed E-state index contributed by atoms with van der Waals surface area (Å²) in [5.41, 5.74) is 0. The average Bonchev–Trinajstić information content (AvgIpc) is 2.59. The van der Waals surface area contributed by atoms with E-state index in [0.29, 0.717) is 11.8 Å². The van der Waals surface area contributed by atoms with Crippen LogP contribution in [-0.4, -0.2) is 42.5 Å². The van der Waals surface area contributed by atoms with Crippen molar-refractivity contribution >= 4 is 5.78 Å². The van der Waals surface area contributed by atoms with Crippen LogP contribution >= 0.6 is 0 Å². The van der Waals surface area contributed by atoms with Crippen LogP contribution in [0.25, 0.3) is 0 Å². The molecule has 1 aliphatic heterocycles. The van der Waals surface area contributed by atoms with E-state index >= 15 is 0 Å². The van der Waals surface area contributed by atoms with Crippen LogP contribution in [0.2, 0.25) is 0 Å². The van der Waals surface area contributed by atoms with Crippen molar-refractivity contribution in [1.29, 1.82) is 0 Å². The number of nitrogens with zero attached hydrogens (tertiary/aromatic N) is 1. The number of hydrogen-bond acceptors (Lipinski definition) is 3. The monoisotopic (exact) mass is 213 g/mol. The average molecular weight is 213 g/mol. The van der Waals surface area contributed by atoms with Crippen molar-refractivity contribution in [2.45, 2.75) is 52.3 Å².